The van der Waals surface area contributed by atoms with E-state index in [0.29, 0.717) is 48.4 Å². The molecule has 2 aromatic rings. The summed E-state index contributed by atoms with van der Waals surface area (Å²) < 4.78 is 16.4. The lowest BCUT2D eigenvalue weighted by Crippen LogP contribution is -2.35. The summed E-state index contributed by atoms with van der Waals surface area (Å²) in [4.78, 5) is 14.6. The van der Waals surface area contributed by atoms with Gasteiger partial charge in [0, 0.05) is 36.8 Å². The van der Waals surface area contributed by atoms with E-state index in [9.17, 15) is 4.79 Å². The van der Waals surface area contributed by atoms with E-state index in [0.717, 1.165) is 16.8 Å². The van der Waals surface area contributed by atoms with Crippen LogP contribution in [0, 0.1) is 0 Å². The van der Waals surface area contributed by atoms with Crippen LogP contribution in [0.4, 0.5) is 0 Å². The molecule has 28 heavy (non-hydrogen) atoms. The number of hydrogen-bond acceptors (Lipinski definition) is 5. The van der Waals surface area contributed by atoms with Crippen LogP contribution in [0.3, 0.4) is 0 Å². The molecule has 1 aromatic carbocycles. The van der Waals surface area contributed by atoms with Crippen molar-refractivity contribution in [3.8, 4) is 17.2 Å². The fourth-order valence-corrected chi connectivity index (χ4v) is 3.61. The van der Waals surface area contributed by atoms with Crippen LogP contribution >= 0.6 is 0 Å². The molecule has 0 unspecified atom stereocenters. The van der Waals surface area contributed by atoms with Crippen molar-refractivity contribution in [3.05, 3.63) is 41.2 Å². The van der Waals surface area contributed by atoms with E-state index in [2.05, 4.69) is 16.3 Å². The Morgan fingerprint density at radius 3 is 2.36 bits per heavy atom. The first-order valence-electron chi connectivity index (χ1n) is 9.48. The molecule has 7 heteroatoms. The number of carbonyl (C=O) groups is 1. The molecule has 2 aliphatic rings. The maximum Gasteiger partial charge on any atom is 0.274 e. The molecular weight excluding hydrogens is 358 g/mol. The summed E-state index contributed by atoms with van der Waals surface area (Å²) >= 11 is 0. The number of amides is 1. The largest absolute Gasteiger partial charge is 0.496 e. The van der Waals surface area contributed by atoms with E-state index in [1.54, 1.807) is 21.3 Å². The molecule has 0 radical (unpaired) electrons. The van der Waals surface area contributed by atoms with Crippen LogP contribution in [-0.2, 0) is 0 Å². The number of rotatable bonds is 6. The summed E-state index contributed by atoms with van der Waals surface area (Å²) in [6, 6.07) is 5.59. The monoisotopic (exact) mass is 383 g/mol. The van der Waals surface area contributed by atoms with Crippen LogP contribution in [0.5, 0.6) is 17.2 Å². The van der Waals surface area contributed by atoms with Gasteiger partial charge in [-0.25, -0.2) is 0 Å². The highest BCUT2D eigenvalue weighted by Crippen LogP contribution is 2.41. The Labute approximate surface area is 164 Å². The second-order valence-corrected chi connectivity index (χ2v) is 7.12. The molecule has 0 bridgehead atoms. The van der Waals surface area contributed by atoms with Gasteiger partial charge in [0.2, 0.25) is 0 Å². The number of nitrogens with one attached hydrogen (secondary N) is 1. The maximum atomic E-state index is 12.8. The van der Waals surface area contributed by atoms with E-state index in [1.165, 1.54) is 12.8 Å². The first-order chi connectivity index (χ1) is 13.6. The second kappa shape index (κ2) is 7.58. The minimum atomic E-state index is -0.0351. The minimum Gasteiger partial charge on any atom is -0.496 e. The average molecular weight is 383 g/mol. The Hall–Kier alpha value is -2.96. The lowest BCUT2D eigenvalue weighted by Gasteiger charge is -2.27. The van der Waals surface area contributed by atoms with Gasteiger partial charge >= 0.3 is 0 Å². The molecule has 1 saturated carbocycles. The first-order valence-corrected chi connectivity index (χ1v) is 9.48. The van der Waals surface area contributed by atoms with Crippen LogP contribution in [0.15, 0.2) is 24.3 Å². The Bertz CT molecular complexity index is 889. The predicted molar refractivity (Wildman–Crippen MR) is 105 cm³/mol. The molecule has 0 saturated heterocycles. The third-order valence-electron chi connectivity index (χ3n) is 5.37. The molecule has 148 valence electrons. The van der Waals surface area contributed by atoms with Gasteiger partial charge in [-0.3, -0.25) is 9.89 Å². The molecular formula is C21H25N3O4. The van der Waals surface area contributed by atoms with E-state index in [1.807, 2.05) is 23.1 Å². The van der Waals surface area contributed by atoms with Crippen LogP contribution in [0.2, 0.25) is 0 Å². The van der Waals surface area contributed by atoms with Crippen molar-refractivity contribution in [1.82, 2.24) is 15.1 Å². The van der Waals surface area contributed by atoms with Crippen molar-refractivity contribution in [2.24, 2.45) is 0 Å². The van der Waals surface area contributed by atoms with Crippen LogP contribution in [-0.4, -0.2) is 55.4 Å². The lowest BCUT2D eigenvalue weighted by atomic mass is 9.97. The molecule has 7 nitrogen and oxygen atoms in total. The molecule has 1 N–H and O–H groups in total. The Balaban J connectivity index is 1.54. The zero-order chi connectivity index (χ0) is 19.7. The van der Waals surface area contributed by atoms with Gasteiger partial charge in [0.05, 0.1) is 26.9 Å². The van der Waals surface area contributed by atoms with Crippen molar-refractivity contribution in [3.63, 3.8) is 0 Å². The highest BCUT2D eigenvalue weighted by Gasteiger charge is 2.28. The highest BCUT2D eigenvalue weighted by atomic mass is 16.5. The van der Waals surface area contributed by atoms with E-state index < -0.39 is 0 Å². The molecule has 1 amide bonds. The molecule has 1 aliphatic carbocycles. The molecule has 1 aliphatic heterocycles. The van der Waals surface area contributed by atoms with Gasteiger partial charge in [0.15, 0.2) is 0 Å². The van der Waals surface area contributed by atoms with Crippen molar-refractivity contribution in [2.75, 3.05) is 34.4 Å². The van der Waals surface area contributed by atoms with E-state index in [-0.39, 0.29) is 5.91 Å². The van der Waals surface area contributed by atoms with Gasteiger partial charge in [0.25, 0.3) is 5.91 Å². The molecule has 0 spiro atoms. The van der Waals surface area contributed by atoms with Gasteiger partial charge in [-0.05, 0) is 30.9 Å². The smallest absolute Gasteiger partial charge is 0.274 e. The summed E-state index contributed by atoms with van der Waals surface area (Å²) in [5, 5.41) is 7.22. The van der Waals surface area contributed by atoms with Crippen LogP contribution in [0.25, 0.3) is 5.57 Å². The number of hydrogen-bond donors (Lipinski definition) is 1. The maximum absolute atomic E-state index is 12.8. The summed E-state index contributed by atoms with van der Waals surface area (Å²) in [7, 11) is 4.87. The van der Waals surface area contributed by atoms with Gasteiger partial charge < -0.3 is 19.1 Å². The standard InChI is InChI=1S/C21H25N3O4/c1-26-15-10-18(27-2)20(19(11-15)28-3)14-6-8-24(9-7-14)21(25)17-12-16(22-23-17)13-4-5-13/h6,10-13H,4-5,7-9H2,1-3H3,(H,22,23). The quantitative estimate of drug-likeness (QED) is 0.829. The Kier molecular flexibility index (Phi) is 4.98. The van der Waals surface area contributed by atoms with Gasteiger partial charge in [0.1, 0.15) is 22.9 Å². The van der Waals surface area contributed by atoms with Crippen LogP contribution in [0.1, 0.15) is 46.9 Å². The number of carbonyl (C=O) groups excluding carboxylic acids is 1. The van der Waals surface area contributed by atoms with E-state index in [4.69, 9.17) is 14.2 Å². The van der Waals surface area contributed by atoms with Crippen molar-refractivity contribution in [1.29, 1.82) is 0 Å². The van der Waals surface area contributed by atoms with Crippen molar-refractivity contribution < 1.29 is 19.0 Å². The van der Waals surface area contributed by atoms with E-state index >= 15 is 0 Å². The Morgan fingerprint density at radius 1 is 1.11 bits per heavy atom. The third-order valence-corrected chi connectivity index (χ3v) is 5.37. The fourth-order valence-electron chi connectivity index (χ4n) is 3.61. The summed E-state index contributed by atoms with van der Waals surface area (Å²) in [6.45, 7) is 1.15. The number of aromatic amines is 1. The Morgan fingerprint density at radius 2 is 1.82 bits per heavy atom. The normalized spacial score (nSPS) is 16.5. The zero-order valence-electron chi connectivity index (χ0n) is 16.4. The van der Waals surface area contributed by atoms with Gasteiger partial charge in [-0.2, -0.15) is 5.10 Å². The number of nitrogens with zero attached hydrogens (tertiary/aromatic N) is 2. The summed E-state index contributed by atoms with van der Waals surface area (Å²) in [6.07, 6.45) is 5.13. The summed E-state index contributed by atoms with van der Waals surface area (Å²) in [5.41, 5.74) is 3.58. The van der Waals surface area contributed by atoms with Crippen molar-refractivity contribution in [2.45, 2.75) is 25.2 Å². The number of methoxy groups -OCH3 is 3. The highest BCUT2D eigenvalue weighted by molar-refractivity contribution is 5.93. The number of benzene rings is 1. The number of ether oxygens (including phenoxy) is 3. The first kappa shape index (κ1) is 18.4. The molecule has 0 atom stereocenters. The average Bonchev–Trinajstić information content (AvgIpc) is 3.48. The molecule has 2 heterocycles. The number of aromatic nitrogens is 2. The summed E-state index contributed by atoms with van der Waals surface area (Å²) in [5.74, 6) is 2.59. The van der Waals surface area contributed by atoms with Gasteiger partial charge in [-0.15, -0.1) is 0 Å². The molecule has 1 aromatic heterocycles. The van der Waals surface area contributed by atoms with Gasteiger partial charge in [-0.1, -0.05) is 6.08 Å². The minimum absolute atomic E-state index is 0.0351. The lowest BCUT2D eigenvalue weighted by molar-refractivity contribution is 0.0767. The van der Waals surface area contributed by atoms with Crippen LogP contribution < -0.4 is 14.2 Å². The predicted octanol–water partition coefficient (Wildman–Crippen LogP) is 3.24. The fraction of sp³-hybridized carbons (Fsp3) is 0.429. The third kappa shape index (κ3) is 3.44. The molecule has 4 rings (SSSR count). The number of H-pyrrole nitrogens is 1. The second-order valence-electron chi connectivity index (χ2n) is 7.12. The van der Waals surface area contributed by atoms with Crippen molar-refractivity contribution >= 4 is 11.5 Å². The molecule has 1 fully saturated rings. The topological polar surface area (TPSA) is 76.7 Å². The zero-order valence-corrected chi connectivity index (χ0v) is 16.4. The SMILES string of the molecule is COc1cc(OC)c(C2=CCN(C(=O)c3cc(C4CC4)[nH]n3)CC2)c(OC)c1.